The number of aliphatic carboxylic acids is 1. The van der Waals surface area contributed by atoms with E-state index in [0.29, 0.717) is 32.1 Å². The van der Waals surface area contributed by atoms with Crippen molar-refractivity contribution in [3.05, 3.63) is 11.6 Å². The maximum Gasteiger partial charge on any atom is 0.331 e. The number of aliphatic hydroxyl groups excluding tert-OH is 1. The zero-order valence-electron chi connectivity index (χ0n) is 17.5. The Kier molecular flexibility index (Phi) is 4.30. The van der Waals surface area contributed by atoms with E-state index in [0.717, 1.165) is 12.0 Å². The summed E-state index contributed by atoms with van der Waals surface area (Å²) in [6.07, 6.45) is 5.00. The third-order valence-electron chi connectivity index (χ3n) is 9.94. The van der Waals surface area contributed by atoms with Crippen LogP contribution in [-0.4, -0.2) is 56.3 Å². The standard InChI is InChI=1S/C23H32O7/c1-20-6-3-16-17(23(20,29)9-5-15(20)13-10-18(25)30-12-13)4-7-21(28)11-14(24)2-8-22(16,21)19(26)27/h10,14-17,24,28-29H,2-9,11-12H2,1H3,(H,26,27)/t14-,15-,16+,17-,20+,21-,22+,23+/m0/s1. The van der Waals surface area contributed by atoms with E-state index in [1.54, 1.807) is 6.08 Å². The first kappa shape index (κ1) is 20.5. The molecule has 4 saturated carbocycles. The van der Waals surface area contributed by atoms with Crippen LogP contribution in [0.15, 0.2) is 11.6 Å². The fraction of sp³-hybridized carbons (Fsp3) is 0.826. The molecule has 7 nitrogen and oxygen atoms in total. The van der Waals surface area contributed by atoms with Gasteiger partial charge >= 0.3 is 11.9 Å². The third-order valence-corrected chi connectivity index (χ3v) is 9.94. The summed E-state index contributed by atoms with van der Waals surface area (Å²) < 4.78 is 5.14. The van der Waals surface area contributed by atoms with E-state index in [1.165, 1.54) is 0 Å². The number of ether oxygens (including phenoxy) is 1. The van der Waals surface area contributed by atoms with Crippen molar-refractivity contribution in [3.63, 3.8) is 0 Å². The van der Waals surface area contributed by atoms with E-state index in [4.69, 9.17) is 4.74 Å². The molecule has 0 aromatic heterocycles. The first-order valence-electron chi connectivity index (χ1n) is 11.3. The van der Waals surface area contributed by atoms with Crippen LogP contribution in [0.25, 0.3) is 0 Å². The highest BCUT2D eigenvalue weighted by Crippen LogP contribution is 2.70. The highest BCUT2D eigenvalue weighted by molar-refractivity contribution is 5.85. The number of carbonyl (C=O) groups is 2. The minimum Gasteiger partial charge on any atom is -0.481 e. The summed E-state index contributed by atoms with van der Waals surface area (Å²) in [5.74, 6) is -1.82. The molecule has 0 aromatic carbocycles. The van der Waals surface area contributed by atoms with E-state index >= 15 is 0 Å². The first-order chi connectivity index (χ1) is 14.1. The Balaban J connectivity index is 1.54. The number of fused-ring (bicyclic) bond motifs is 5. The Morgan fingerprint density at radius 1 is 1.07 bits per heavy atom. The number of esters is 1. The van der Waals surface area contributed by atoms with E-state index in [9.17, 15) is 30.0 Å². The monoisotopic (exact) mass is 420 g/mol. The van der Waals surface area contributed by atoms with Crippen LogP contribution in [0.1, 0.15) is 64.7 Å². The number of carboxylic acids is 1. The van der Waals surface area contributed by atoms with Gasteiger partial charge in [-0.2, -0.15) is 0 Å². The molecule has 5 rings (SSSR count). The summed E-state index contributed by atoms with van der Waals surface area (Å²) in [4.78, 5) is 24.3. The van der Waals surface area contributed by atoms with Gasteiger partial charge in [0, 0.05) is 17.9 Å². The van der Waals surface area contributed by atoms with Crippen LogP contribution in [0.4, 0.5) is 0 Å². The average Bonchev–Trinajstić information content (AvgIpc) is 3.21. The van der Waals surface area contributed by atoms with Crippen molar-refractivity contribution in [2.75, 3.05) is 6.61 Å². The summed E-state index contributed by atoms with van der Waals surface area (Å²) in [6, 6.07) is 0. The van der Waals surface area contributed by atoms with Gasteiger partial charge in [-0.1, -0.05) is 6.92 Å². The summed E-state index contributed by atoms with van der Waals surface area (Å²) in [6.45, 7) is 2.36. The van der Waals surface area contributed by atoms with Gasteiger partial charge < -0.3 is 25.2 Å². The lowest BCUT2D eigenvalue weighted by molar-refractivity contribution is -0.260. The Morgan fingerprint density at radius 3 is 2.47 bits per heavy atom. The smallest absolute Gasteiger partial charge is 0.331 e. The molecule has 0 bridgehead atoms. The van der Waals surface area contributed by atoms with Gasteiger partial charge in [0.2, 0.25) is 0 Å². The zero-order valence-corrected chi connectivity index (χ0v) is 17.5. The summed E-state index contributed by atoms with van der Waals surface area (Å²) >= 11 is 0. The molecule has 4 fully saturated rings. The lowest BCUT2D eigenvalue weighted by Crippen LogP contribution is -2.70. The first-order valence-corrected chi connectivity index (χ1v) is 11.3. The predicted octanol–water partition coefficient (Wildman–Crippen LogP) is 1.78. The lowest BCUT2D eigenvalue weighted by atomic mass is 9.41. The molecule has 7 heteroatoms. The van der Waals surface area contributed by atoms with Crippen molar-refractivity contribution in [1.29, 1.82) is 0 Å². The number of hydrogen-bond acceptors (Lipinski definition) is 6. The van der Waals surface area contributed by atoms with E-state index in [1.807, 2.05) is 0 Å². The topological polar surface area (TPSA) is 124 Å². The number of cyclic esters (lactones) is 1. The highest BCUT2D eigenvalue weighted by Gasteiger charge is 2.73. The van der Waals surface area contributed by atoms with Gasteiger partial charge in [0.15, 0.2) is 0 Å². The average molecular weight is 421 g/mol. The molecule has 0 saturated heterocycles. The van der Waals surface area contributed by atoms with Crippen LogP contribution in [-0.2, 0) is 14.3 Å². The summed E-state index contributed by atoms with van der Waals surface area (Å²) in [7, 11) is 0. The quantitative estimate of drug-likeness (QED) is 0.502. The molecule has 0 unspecified atom stereocenters. The van der Waals surface area contributed by atoms with Gasteiger partial charge in [-0.25, -0.2) is 4.79 Å². The van der Waals surface area contributed by atoms with Crippen molar-refractivity contribution in [3.8, 4) is 0 Å². The number of carboxylic acid groups (broad SMARTS) is 1. The van der Waals surface area contributed by atoms with Gasteiger partial charge in [0.1, 0.15) is 6.61 Å². The molecule has 0 radical (unpaired) electrons. The number of carbonyl (C=O) groups excluding carboxylic acids is 1. The minimum absolute atomic E-state index is 0.0460. The molecule has 4 N–H and O–H groups in total. The van der Waals surface area contributed by atoms with Crippen LogP contribution in [0.2, 0.25) is 0 Å². The van der Waals surface area contributed by atoms with Crippen molar-refractivity contribution in [1.82, 2.24) is 0 Å². The van der Waals surface area contributed by atoms with Gasteiger partial charge in [-0.15, -0.1) is 0 Å². The van der Waals surface area contributed by atoms with Crippen molar-refractivity contribution >= 4 is 11.9 Å². The second-order valence-electron chi connectivity index (χ2n) is 10.8. The Morgan fingerprint density at radius 2 is 1.80 bits per heavy atom. The van der Waals surface area contributed by atoms with Crippen LogP contribution in [0, 0.1) is 28.6 Å². The molecule has 0 aromatic rings. The maximum absolute atomic E-state index is 12.7. The van der Waals surface area contributed by atoms with Crippen molar-refractivity contribution in [2.24, 2.45) is 28.6 Å². The van der Waals surface area contributed by atoms with Crippen molar-refractivity contribution in [2.45, 2.75) is 82.0 Å². The molecule has 1 heterocycles. The van der Waals surface area contributed by atoms with Gasteiger partial charge in [-0.05, 0) is 74.7 Å². The normalized spacial score (nSPS) is 52.7. The number of rotatable bonds is 2. The van der Waals surface area contributed by atoms with Crippen LogP contribution >= 0.6 is 0 Å². The fourth-order valence-corrected chi connectivity index (χ4v) is 8.49. The van der Waals surface area contributed by atoms with E-state index in [-0.39, 0.29) is 49.6 Å². The van der Waals surface area contributed by atoms with E-state index < -0.39 is 34.1 Å². The largest absolute Gasteiger partial charge is 0.481 e. The minimum atomic E-state index is -1.44. The lowest BCUT2D eigenvalue weighted by Gasteiger charge is -2.65. The molecule has 0 spiro atoms. The SMILES string of the molecule is C[C@]12CC[C@@H]3[C@H](CC[C@]4(O)C[C@@H](O)CC[C@]34C(=O)O)[C@]1(O)CC[C@H]2C1=CC(=O)OC1. The Labute approximate surface area is 176 Å². The van der Waals surface area contributed by atoms with Crippen LogP contribution in [0.3, 0.4) is 0 Å². The highest BCUT2D eigenvalue weighted by atomic mass is 16.5. The fourth-order valence-electron chi connectivity index (χ4n) is 8.49. The zero-order chi connectivity index (χ0) is 21.5. The van der Waals surface area contributed by atoms with E-state index in [2.05, 4.69) is 6.92 Å². The molecular weight excluding hydrogens is 388 g/mol. The molecule has 8 atom stereocenters. The summed E-state index contributed by atoms with van der Waals surface area (Å²) in [5, 5.41) is 44.1. The second-order valence-corrected chi connectivity index (χ2v) is 10.8. The number of hydrogen-bond donors (Lipinski definition) is 4. The van der Waals surface area contributed by atoms with Gasteiger partial charge in [0.25, 0.3) is 0 Å². The van der Waals surface area contributed by atoms with Gasteiger partial charge in [-0.3, -0.25) is 4.79 Å². The second kappa shape index (κ2) is 6.30. The molecular formula is C23H32O7. The van der Waals surface area contributed by atoms with Crippen LogP contribution in [0.5, 0.6) is 0 Å². The van der Waals surface area contributed by atoms with Crippen LogP contribution < -0.4 is 0 Å². The molecule has 4 aliphatic carbocycles. The number of aliphatic hydroxyl groups is 3. The Hall–Kier alpha value is -1.44. The summed E-state index contributed by atoms with van der Waals surface area (Å²) in [5.41, 5.74) is -3.30. The third kappa shape index (κ3) is 2.32. The molecule has 0 amide bonds. The van der Waals surface area contributed by atoms with Gasteiger partial charge in [0.05, 0.1) is 22.7 Å². The predicted molar refractivity (Wildman–Crippen MR) is 105 cm³/mol. The molecule has 5 aliphatic rings. The Bertz CT molecular complexity index is 822. The van der Waals surface area contributed by atoms with Crippen molar-refractivity contribution < 1.29 is 34.8 Å². The molecule has 30 heavy (non-hydrogen) atoms. The molecule has 166 valence electrons. The molecule has 1 aliphatic heterocycles. The maximum atomic E-state index is 12.7.